The van der Waals surface area contributed by atoms with Gasteiger partial charge in [0, 0.05) is 23.6 Å². The number of nitrogens with zero attached hydrogens (tertiary/aromatic N) is 2. The molecule has 1 aliphatic rings. The van der Waals surface area contributed by atoms with Gasteiger partial charge in [-0.3, -0.25) is 0 Å². The Morgan fingerprint density at radius 3 is 3.11 bits per heavy atom. The van der Waals surface area contributed by atoms with Crippen LogP contribution in [0.5, 0.6) is 5.88 Å². The minimum atomic E-state index is 0.492. The van der Waals surface area contributed by atoms with Crippen LogP contribution in [0.1, 0.15) is 33.1 Å². The summed E-state index contributed by atoms with van der Waals surface area (Å²) in [6.07, 6.45) is 5.54. The Labute approximate surface area is 113 Å². The van der Waals surface area contributed by atoms with E-state index in [1.54, 1.807) is 12.3 Å². The molecule has 100 valence electrons. The Hall–Kier alpha value is -0.970. The van der Waals surface area contributed by atoms with Crippen LogP contribution in [0, 0.1) is 0 Å². The monoisotopic (exact) mass is 267 g/mol. The van der Waals surface area contributed by atoms with Crippen molar-refractivity contribution in [1.82, 2.24) is 9.97 Å². The Balaban J connectivity index is 1.97. The number of hydrogen-bond donors (Lipinski definition) is 1. The van der Waals surface area contributed by atoms with Crippen molar-refractivity contribution in [1.29, 1.82) is 0 Å². The van der Waals surface area contributed by atoms with Gasteiger partial charge in [-0.15, -0.1) is 0 Å². The molecule has 0 amide bonds. The molecule has 2 unspecified atom stereocenters. The summed E-state index contributed by atoms with van der Waals surface area (Å²) >= 11 is 2.03. The summed E-state index contributed by atoms with van der Waals surface area (Å²) in [7, 11) is 0. The van der Waals surface area contributed by atoms with E-state index < -0.39 is 0 Å². The van der Waals surface area contributed by atoms with Crippen LogP contribution in [-0.4, -0.2) is 33.6 Å². The minimum absolute atomic E-state index is 0.492. The highest BCUT2D eigenvalue weighted by molar-refractivity contribution is 7.99. The van der Waals surface area contributed by atoms with Gasteiger partial charge in [0.1, 0.15) is 0 Å². The lowest BCUT2D eigenvalue weighted by Gasteiger charge is -2.20. The predicted molar refractivity (Wildman–Crippen MR) is 76.4 cm³/mol. The van der Waals surface area contributed by atoms with E-state index in [1.165, 1.54) is 25.0 Å². The van der Waals surface area contributed by atoms with Gasteiger partial charge in [0.2, 0.25) is 11.8 Å². The molecule has 18 heavy (non-hydrogen) atoms. The van der Waals surface area contributed by atoms with Crippen LogP contribution in [0.25, 0.3) is 0 Å². The normalized spacial score (nSPS) is 23.0. The highest BCUT2D eigenvalue weighted by atomic mass is 32.2. The lowest BCUT2D eigenvalue weighted by atomic mass is 10.2. The van der Waals surface area contributed by atoms with E-state index in [1.807, 2.05) is 18.7 Å². The van der Waals surface area contributed by atoms with Crippen LogP contribution in [-0.2, 0) is 0 Å². The fourth-order valence-electron chi connectivity index (χ4n) is 2.31. The number of thioether (sulfide) groups is 1. The van der Waals surface area contributed by atoms with E-state index in [0.29, 0.717) is 29.7 Å². The fourth-order valence-corrected chi connectivity index (χ4v) is 3.51. The Morgan fingerprint density at radius 1 is 1.44 bits per heavy atom. The first kappa shape index (κ1) is 13.5. The molecule has 1 aromatic heterocycles. The molecule has 5 heteroatoms. The maximum atomic E-state index is 5.39. The van der Waals surface area contributed by atoms with Crippen molar-refractivity contribution >= 4 is 17.7 Å². The van der Waals surface area contributed by atoms with Crippen LogP contribution in [0.2, 0.25) is 0 Å². The highest BCUT2D eigenvalue weighted by Crippen LogP contribution is 2.31. The maximum absolute atomic E-state index is 5.39. The fraction of sp³-hybridized carbons (Fsp3) is 0.692. The van der Waals surface area contributed by atoms with Gasteiger partial charge in [0.05, 0.1) is 6.61 Å². The molecule has 0 bridgehead atoms. The molecular formula is C13H21N3OS. The topological polar surface area (TPSA) is 47.0 Å². The second kappa shape index (κ2) is 6.83. The number of rotatable bonds is 6. The summed E-state index contributed by atoms with van der Waals surface area (Å²) in [6, 6.07) is 2.29. The molecule has 0 aromatic carbocycles. The Morgan fingerprint density at radius 2 is 2.33 bits per heavy atom. The largest absolute Gasteiger partial charge is 0.478 e. The number of nitrogens with one attached hydrogen (secondary N) is 1. The molecule has 1 fully saturated rings. The lowest BCUT2D eigenvalue weighted by Crippen LogP contribution is -2.27. The van der Waals surface area contributed by atoms with Crippen LogP contribution in [0.15, 0.2) is 12.3 Å². The molecule has 1 aliphatic carbocycles. The van der Waals surface area contributed by atoms with Crippen LogP contribution in [0.3, 0.4) is 0 Å². The van der Waals surface area contributed by atoms with E-state index in [2.05, 4.69) is 22.2 Å². The van der Waals surface area contributed by atoms with Crippen molar-refractivity contribution in [2.45, 2.75) is 44.4 Å². The number of hydrogen-bond acceptors (Lipinski definition) is 5. The molecule has 0 aliphatic heterocycles. The zero-order valence-corrected chi connectivity index (χ0v) is 11.9. The molecule has 0 radical (unpaired) electrons. The average Bonchev–Trinajstić information content (AvgIpc) is 2.78. The summed E-state index contributed by atoms with van der Waals surface area (Å²) in [5.41, 5.74) is 0. The summed E-state index contributed by atoms with van der Waals surface area (Å²) in [5.74, 6) is 2.50. The van der Waals surface area contributed by atoms with Crippen LogP contribution >= 0.6 is 11.8 Å². The molecule has 1 heterocycles. The van der Waals surface area contributed by atoms with Gasteiger partial charge in [-0.05, 0) is 25.5 Å². The summed E-state index contributed by atoms with van der Waals surface area (Å²) < 4.78 is 5.39. The van der Waals surface area contributed by atoms with E-state index in [9.17, 15) is 0 Å². The van der Waals surface area contributed by atoms with Crippen molar-refractivity contribution in [3.63, 3.8) is 0 Å². The third-order valence-electron chi connectivity index (χ3n) is 3.07. The molecule has 2 atom stereocenters. The molecule has 0 saturated heterocycles. The second-order valence-electron chi connectivity index (χ2n) is 4.33. The van der Waals surface area contributed by atoms with Gasteiger partial charge in [0.15, 0.2) is 0 Å². The van der Waals surface area contributed by atoms with E-state index in [4.69, 9.17) is 4.74 Å². The first-order valence-corrected chi connectivity index (χ1v) is 7.72. The van der Waals surface area contributed by atoms with Crippen molar-refractivity contribution < 1.29 is 4.74 Å². The Bertz CT molecular complexity index is 375. The van der Waals surface area contributed by atoms with Crippen LogP contribution in [0.4, 0.5) is 5.95 Å². The van der Waals surface area contributed by atoms with E-state index in [-0.39, 0.29) is 0 Å². The summed E-state index contributed by atoms with van der Waals surface area (Å²) in [4.78, 5) is 8.64. The number of ether oxygens (including phenoxy) is 1. The second-order valence-corrected chi connectivity index (χ2v) is 5.84. The first-order valence-electron chi connectivity index (χ1n) is 6.67. The summed E-state index contributed by atoms with van der Waals surface area (Å²) in [6.45, 7) is 4.81. The molecule has 4 nitrogen and oxygen atoms in total. The molecule has 1 aromatic rings. The molecule has 0 spiro atoms. The van der Waals surface area contributed by atoms with E-state index in [0.717, 1.165) is 0 Å². The van der Waals surface area contributed by atoms with Gasteiger partial charge >= 0.3 is 0 Å². The maximum Gasteiger partial charge on any atom is 0.226 e. The van der Waals surface area contributed by atoms with Crippen molar-refractivity contribution in [2.75, 3.05) is 17.7 Å². The quantitative estimate of drug-likeness (QED) is 0.858. The standard InChI is InChI=1S/C13H21N3OS/c1-3-17-12-8-9-14-13(16-12)15-10-6-5-7-11(10)18-4-2/h8-11H,3-7H2,1-2H3,(H,14,15,16). The van der Waals surface area contributed by atoms with Crippen molar-refractivity contribution in [3.05, 3.63) is 12.3 Å². The number of aromatic nitrogens is 2. The summed E-state index contributed by atoms with van der Waals surface area (Å²) in [5, 5.41) is 4.14. The number of anilines is 1. The minimum Gasteiger partial charge on any atom is -0.478 e. The zero-order chi connectivity index (χ0) is 12.8. The van der Waals surface area contributed by atoms with E-state index >= 15 is 0 Å². The molecule has 2 rings (SSSR count). The lowest BCUT2D eigenvalue weighted by molar-refractivity contribution is 0.326. The molecule has 1 saturated carbocycles. The van der Waals surface area contributed by atoms with Gasteiger partial charge in [-0.2, -0.15) is 16.7 Å². The third kappa shape index (κ3) is 3.51. The third-order valence-corrected chi connectivity index (χ3v) is 4.40. The molecular weight excluding hydrogens is 246 g/mol. The van der Waals surface area contributed by atoms with Crippen LogP contribution < -0.4 is 10.1 Å². The average molecular weight is 267 g/mol. The zero-order valence-electron chi connectivity index (χ0n) is 11.1. The predicted octanol–water partition coefficient (Wildman–Crippen LogP) is 2.96. The van der Waals surface area contributed by atoms with Crippen molar-refractivity contribution in [2.24, 2.45) is 0 Å². The SMILES string of the molecule is CCOc1ccnc(NC2CCCC2SCC)n1. The van der Waals surface area contributed by atoms with Crippen molar-refractivity contribution in [3.8, 4) is 5.88 Å². The Kier molecular flexibility index (Phi) is 5.11. The van der Waals surface area contributed by atoms with Gasteiger partial charge in [0.25, 0.3) is 0 Å². The van der Waals surface area contributed by atoms with Gasteiger partial charge in [-0.1, -0.05) is 13.3 Å². The highest BCUT2D eigenvalue weighted by Gasteiger charge is 2.27. The van der Waals surface area contributed by atoms with Gasteiger partial charge in [-0.25, -0.2) is 4.98 Å². The molecule has 1 N–H and O–H groups in total. The smallest absolute Gasteiger partial charge is 0.226 e. The first-order chi connectivity index (χ1) is 8.83. The van der Waals surface area contributed by atoms with Gasteiger partial charge < -0.3 is 10.1 Å².